The molecule has 1 unspecified atom stereocenters. The van der Waals surface area contributed by atoms with Crippen LogP contribution < -0.4 is 0 Å². The van der Waals surface area contributed by atoms with Crippen molar-refractivity contribution in [2.75, 3.05) is 0 Å². The number of nitrogens with zero attached hydrogens (tertiary/aromatic N) is 2. The molecule has 0 amide bonds. The van der Waals surface area contributed by atoms with E-state index in [0.717, 1.165) is 4.68 Å². The van der Waals surface area contributed by atoms with Crippen LogP contribution >= 0.6 is 0 Å². The van der Waals surface area contributed by atoms with Crippen molar-refractivity contribution < 1.29 is 23.1 Å². The van der Waals surface area contributed by atoms with Crippen molar-refractivity contribution in [3.8, 4) is 0 Å². The number of halogens is 3. The van der Waals surface area contributed by atoms with Crippen molar-refractivity contribution in [1.29, 1.82) is 0 Å². The third kappa shape index (κ3) is 2.01. The van der Waals surface area contributed by atoms with Crippen molar-refractivity contribution in [1.82, 2.24) is 9.78 Å². The van der Waals surface area contributed by atoms with Gasteiger partial charge in [0.15, 0.2) is 0 Å². The molecule has 1 fully saturated rings. The molecule has 1 aromatic rings. The second-order valence-electron chi connectivity index (χ2n) is 4.25. The number of aliphatic carboxylic acids is 1. The summed E-state index contributed by atoms with van der Waals surface area (Å²) in [6, 6.07) is 0.330. The molecule has 1 aliphatic rings. The van der Waals surface area contributed by atoms with E-state index in [1.807, 2.05) is 0 Å². The maximum absolute atomic E-state index is 13.0. The molecule has 1 saturated carbocycles. The van der Waals surface area contributed by atoms with Gasteiger partial charge in [0.1, 0.15) is 0 Å². The zero-order chi connectivity index (χ0) is 12.7. The van der Waals surface area contributed by atoms with Gasteiger partial charge in [-0.25, -0.2) is 0 Å². The first kappa shape index (κ1) is 11.9. The number of rotatable bonds is 4. The van der Waals surface area contributed by atoms with Gasteiger partial charge in [-0.3, -0.25) is 9.48 Å². The van der Waals surface area contributed by atoms with Crippen LogP contribution in [0.2, 0.25) is 0 Å². The lowest BCUT2D eigenvalue weighted by Crippen LogP contribution is -2.35. The van der Waals surface area contributed by atoms with E-state index >= 15 is 0 Å². The number of carbonyl (C=O) groups is 1. The summed E-state index contributed by atoms with van der Waals surface area (Å²) in [5, 5.41) is 12.5. The Bertz CT molecular complexity index is 410. The summed E-state index contributed by atoms with van der Waals surface area (Å²) in [5.74, 6) is -1.25. The molecule has 0 aliphatic heterocycles. The fourth-order valence-corrected chi connectivity index (χ4v) is 2.11. The summed E-state index contributed by atoms with van der Waals surface area (Å²) in [7, 11) is 0. The Morgan fingerprint density at radius 3 is 2.53 bits per heavy atom. The minimum absolute atomic E-state index is 0.0334. The Kier molecular flexibility index (Phi) is 2.63. The Morgan fingerprint density at radius 1 is 1.53 bits per heavy atom. The molecule has 0 radical (unpaired) electrons. The second-order valence-corrected chi connectivity index (χ2v) is 4.25. The average molecular weight is 248 g/mol. The largest absolute Gasteiger partial charge is 0.481 e. The fraction of sp³-hybridized carbons (Fsp3) is 0.600. The summed E-state index contributed by atoms with van der Waals surface area (Å²) in [4.78, 5) is 10.7. The van der Waals surface area contributed by atoms with E-state index < -0.39 is 30.0 Å². The SMILES string of the molecule is O=C(O)CC(n1cccn1)C1(C(F)(F)F)CC1. The summed E-state index contributed by atoms with van der Waals surface area (Å²) in [5.41, 5.74) is -1.92. The molecule has 0 bridgehead atoms. The second kappa shape index (κ2) is 3.75. The van der Waals surface area contributed by atoms with Crippen molar-refractivity contribution in [3.05, 3.63) is 18.5 Å². The molecule has 1 heterocycles. The van der Waals surface area contributed by atoms with E-state index in [1.165, 1.54) is 18.5 Å². The number of aromatic nitrogens is 2. The first-order chi connectivity index (χ1) is 7.87. The normalized spacial score (nSPS) is 19.9. The van der Waals surface area contributed by atoms with Gasteiger partial charge in [-0.1, -0.05) is 0 Å². The van der Waals surface area contributed by atoms with Crippen LogP contribution in [0.15, 0.2) is 18.5 Å². The average Bonchev–Trinajstić information content (AvgIpc) is 2.83. The molecule has 2 rings (SSSR count). The van der Waals surface area contributed by atoms with Crippen LogP contribution in [0.1, 0.15) is 25.3 Å². The summed E-state index contributed by atoms with van der Waals surface area (Å²) >= 11 is 0. The number of hydrogen-bond donors (Lipinski definition) is 1. The highest BCUT2D eigenvalue weighted by atomic mass is 19.4. The first-order valence-electron chi connectivity index (χ1n) is 5.14. The zero-order valence-corrected chi connectivity index (χ0v) is 8.81. The molecule has 4 nitrogen and oxygen atoms in total. The van der Waals surface area contributed by atoms with E-state index in [1.54, 1.807) is 0 Å². The molecule has 1 aliphatic carbocycles. The molecule has 1 N–H and O–H groups in total. The molecular formula is C10H11F3N2O2. The third-order valence-electron chi connectivity index (χ3n) is 3.20. The van der Waals surface area contributed by atoms with E-state index in [0.29, 0.717) is 0 Å². The Labute approximate surface area is 95.0 Å². The molecule has 17 heavy (non-hydrogen) atoms. The van der Waals surface area contributed by atoms with Crippen molar-refractivity contribution in [3.63, 3.8) is 0 Å². The molecule has 0 spiro atoms. The lowest BCUT2D eigenvalue weighted by Gasteiger charge is -2.28. The van der Waals surface area contributed by atoms with Crippen LogP contribution in [0.5, 0.6) is 0 Å². The highest BCUT2D eigenvalue weighted by Crippen LogP contribution is 2.64. The fourth-order valence-electron chi connectivity index (χ4n) is 2.11. The van der Waals surface area contributed by atoms with Crippen LogP contribution in [-0.2, 0) is 4.79 Å². The van der Waals surface area contributed by atoms with Crippen LogP contribution in [0, 0.1) is 5.41 Å². The molecule has 94 valence electrons. The minimum Gasteiger partial charge on any atom is -0.481 e. The van der Waals surface area contributed by atoms with E-state index in [2.05, 4.69) is 5.10 Å². The van der Waals surface area contributed by atoms with Gasteiger partial charge < -0.3 is 5.11 Å². The highest BCUT2D eigenvalue weighted by molar-refractivity contribution is 5.67. The van der Waals surface area contributed by atoms with Crippen LogP contribution in [0.4, 0.5) is 13.2 Å². The smallest absolute Gasteiger partial charge is 0.396 e. The summed E-state index contributed by atoms with van der Waals surface area (Å²) in [6.45, 7) is 0. The standard InChI is InChI=1S/C10H11F3N2O2/c11-10(12,13)9(2-3-9)7(6-8(16)17)15-5-1-4-14-15/h1,4-5,7H,2-3,6H2,(H,16,17). The van der Waals surface area contributed by atoms with Gasteiger partial charge in [0.2, 0.25) is 0 Å². The lowest BCUT2D eigenvalue weighted by atomic mass is 9.93. The molecule has 1 atom stereocenters. The Hall–Kier alpha value is -1.53. The van der Waals surface area contributed by atoms with E-state index in [4.69, 9.17) is 5.11 Å². The predicted molar refractivity (Wildman–Crippen MR) is 51.2 cm³/mol. The quantitative estimate of drug-likeness (QED) is 0.889. The van der Waals surface area contributed by atoms with E-state index in [9.17, 15) is 18.0 Å². The van der Waals surface area contributed by atoms with Crippen molar-refractivity contribution in [2.45, 2.75) is 31.5 Å². The summed E-state index contributed by atoms with van der Waals surface area (Å²) < 4.78 is 40.0. The van der Waals surface area contributed by atoms with Gasteiger partial charge in [0.25, 0.3) is 0 Å². The number of alkyl halides is 3. The third-order valence-corrected chi connectivity index (χ3v) is 3.20. The van der Waals surface area contributed by atoms with Gasteiger partial charge in [-0.15, -0.1) is 0 Å². The first-order valence-corrected chi connectivity index (χ1v) is 5.14. The Morgan fingerprint density at radius 2 is 2.18 bits per heavy atom. The maximum atomic E-state index is 13.0. The number of hydrogen-bond acceptors (Lipinski definition) is 2. The summed E-state index contributed by atoms with van der Waals surface area (Å²) in [6.07, 6.45) is -2.30. The van der Waals surface area contributed by atoms with Gasteiger partial charge in [0, 0.05) is 12.4 Å². The van der Waals surface area contributed by atoms with Crippen LogP contribution in [0.3, 0.4) is 0 Å². The monoisotopic (exact) mass is 248 g/mol. The van der Waals surface area contributed by atoms with Crippen molar-refractivity contribution in [2.24, 2.45) is 5.41 Å². The van der Waals surface area contributed by atoms with E-state index in [-0.39, 0.29) is 12.8 Å². The molecule has 0 aromatic carbocycles. The predicted octanol–water partition coefficient (Wildman–Crippen LogP) is 2.24. The lowest BCUT2D eigenvalue weighted by molar-refractivity contribution is -0.202. The maximum Gasteiger partial charge on any atom is 0.396 e. The molecular weight excluding hydrogens is 237 g/mol. The Balaban J connectivity index is 2.32. The highest BCUT2D eigenvalue weighted by Gasteiger charge is 2.68. The topological polar surface area (TPSA) is 55.1 Å². The van der Waals surface area contributed by atoms with Gasteiger partial charge in [0.05, 0.1) is 17.9 Å². The molecule has 0 saturated heterocycles. The zero-order valence-electron chi connectivity index (χ0n) is 8.81. The van der Waals surface area contributed by atoms with Gasteiger partial charge in [-0.2, -0.15) is 18.3 Å². The number of carboxylic acids is 1. The number of carboxylic acid groups (broad SMARTS) is 1. The van der Waals surface area contributed by atoms with Gasteiger partial charge in [-0.05, 0) is 18.9 Å². The molecule has 1 aromatic heterocycles. The minimum atomic E-state index is -4.39. The van der Waals surface area contributed by atoms with Crippen LogP contribution in [-0.4, -0.2) is 27.0 Å². The van der Waals surface area contributed by atoms with Gasteiger partial charge >= 0.3 is 12.1 Å². The van der Waals surface area contributed by atoms with Crippen molar-refractivity contribution >= 4 is 5.97 Å². The van der Waals surface area contributed by atoms with Crippen LogP contribution in [0.25, 0.3) is 0 Å². The molecule has 7 heteroatoms.